The summed E-state index contributed by atoms with van der Waals surface area (Å²) in [7, 11) is 0. The molecule has 0 aromatic heterocycles. The van der Waals surface area contributed by atoms with Gasteiger partial charge in [-0.25, -0.2) is 0 Å². The van der Waals surface area contributed by atoms with Crippen LogP contribution in [0.1, 0.15) is 155 Å². The standard InChI is InChI=1S/C26H53I/c1-3-5-7-9-11-13-14-16-18-20-23-26(24-21-25-27)22-19-17-15-12-10-8-6-4-2/h26H,3-25H2,1-2H3. The predicted molar refractivity (Wildman–Crippen MR) is 135 cm³/mol. The number of halogens is 1. The summed E-state index contributed by atoms with van der Waals surface area (Å²) in [5, 5.41) is 0. The zero-order chi connectivity index (χ0) is 19.8. The lowest BCUT2D eigenvalue weighted by atomic mass is 9.90. The molecule has 1 atom stereocenters. The maximum atomic E-state index is 2.56. The summed E-state index contributed by atoms with van der Waals surface area (Å²) in [6.45, 7) is 4.62. The van der Waals surface area contributed by atoms with E-state index in [2.05, 4.69) is 36.4 Å². The van der Waals surface area contributed by atoms with Gasteiger partial charge < -0.3 is 0 Å². The lowest BCUT2D eigenvalue weighted by Gasteiger charge is -2.16. The summed E-state index contributed by atoms with van der Waals surface area (Å²) in [6, 6.07) is 0. The maximum Gasteiger partial charge on any atom is -0.000463 e. The van der Waals surface area contributed by atoms with Crippen LogP contribution in [0.3, 0.4) is 0 Å². The highest BCUT2D eigenvalue weighted by molar-refractivity contribution is 14.1. The van der Waals surface area contributed by atoms with Crippen molar-refractivity contribution in [1.82, 2.24) is 0 Å². The quantitative estimate of drug-likeness (QED) is 0.0756. The molecule has 0 nitrogen and oxygen atoms in total. The molecule has 0 heterocycles. The third kappa shape index (κ3) is 22.9. The Hall–Kier alpha value is 0.730. The minimum absolute atomic E-state index is 1.04. The summed E-state index contributed by atoms with van der Waals surface area (Å²) in [5.74, 6) is 1.04. The number of hydrogen-bond acceptors (Lipinski definition) is 0. The first-order valence-corrected chi connectivity index (χ1v) is 14.4. The molecule has 0 fully saturated rings. The van der Waals surface area contributed by atoms with Gasteiger partial charge in [0.1, 0.15) is 0 Å². The molecule has 27 heavy (non-hydrogen) atoms. The van der Waals surface area contributed by atoms with Crippen molar-refractivity contribution in [3.05, 3.63) is 0 Å². The second-order valence-electron chi connectivity index (χ2n) is 8.93. The van der Waals surface area contributed by atoms with Crippen LogP contribution in [0.15, 0.2) is 0 Å². The molecule has 0 saturated carbocycles. The van der Waals surface area contributed by atoms with Crippen LogP contribution < -0.4 is 0 Å². The van der Waals surface area contributed by atoms with Crippen molar-refractivity contribution in [2.75, 3.05) is 4.43 Å². The molecule has 0 aliphatic heterocycles. The monoisotopic (exact) mass is 492 g/mol. The molecule has 0 bridgehead atoms. The second kappa shape index (κ2) is 24.8. The van der Waals surface area contributed by atoms with Gasteiger partial charge in [-0.3, -0.25) is 0 Å². The molecule has 0 aliphatic rings. The number of alkyl halides is 1. The average molecular weight is 493 g/mol. The molecule has 0 N–H and O–H groups in total. The van der Waals surface area contributed by atoms with Gasteiger partial charge in [-0.15, -0.1) is 0 Å². The summed E-state index contributed by atoms with van der Waals surface area (Å²) in [6.07, 6.45) is 32.4. The fourth-order valence-corrected chi connectivity index (χ4v) is 4.73. The van der Waals surface area contributed by atoms with E-state index in [1.165, 1.54) is 146 Å². The lowest BCUT2D eigenvalue weighted by Crippen LogP contribution is -2.02. The third-order valence-electron chi connectivity index (χ3n) is 6.18. The van der Waals surface area contributed by atoms with Crippen LogP contribution in [0.5, 0.6) is 0 Å². The van der Waals surface area contributed by atoms with Crippen LogP contribution in [0.4, 0.5) is 0 Å². The van der Waals surface area contributed by atoms with Gasteiger partial charge in [0.05, 0.1) is 0 Å². The smallest absolute Gasteiger partial charge is 0.000463 e. The summed E-state index contributed by atoms with van der Waals surface area (Å²) < 4.78 is 1.35. The lowest BCUT2D eigenvalue weighted by molar-refractivity contribution is 0.378. The molecular weight excluding hydrogens is 439 g/mol. The second-order valence-corrected chi connectivity index (χ2v) is 10.0. The van der Waals surface area contributed by atoms with E-state index < -0.39 is 0 Å². The summed E-state index contributed by atoms with van der Waals surface area (Å²) in [4.78, 5) is 0. The first kappa shape index (κ1) is 27.7. The third-order valence-corrected chi connectivity index (χ3v) is 6.94. The zero-order valence-electron chi connectivity index (χ0n) is 19.2. The highest BCUT2D eigenvalue weighted by Gasteiger charge is 2.08. The maximum absolute atomic E-state index is 2.56. The molecule has 0 rings (SSSR count). The van der Waals surface area contributed by atoms with Crippen molar-refractivity contribution in [1.29, 1.82) is 0 Å². The van der Waals surface area contributed by atoms with Crippen molar-refractivity contribution in [2.24, 2.45) is 5.92 Å². The Bertz CT molecular complexity index is 251. The molecule has 1 unspecified atom stereocenters. The van der Waals surface area contributed by atoms with Gasteiger partial charge in [0, 0.05) is 0 Å². The highest BCUT2D eigenvalue weighted by Crippen LogP contribution is 2.24. The number of rotatable bonds is 23. The van der Waals surface area contributed by atoms with E-state index in [4.69, 9.17) is 0 Å². The van der Waals surface area contributed by atoms with Gasteiger partial charge in [-0.2, -0.15) is 0 Å². The molecule has 0 radical (unpaired) electrons. The van der Waals surface area contributed by atoms with Crippen LogP contribution in [0.25, 0.3) is 0 Å². The summed E-state index contributed by atoms with van der Waals surface area (Å²) >= 11 is 2.56. The van der Waals surface area contributed by atoms with Crippen LogP contribution in [0, 0.1) is 5.92 Å². The summed E-state index contributed by atoms with van der Waals surface area (Å²) in [5.41, 5.74) is 0. The van der Waals surface area contributed by atoms with Gasteiger partial charge in [0.2, 0.25) is 0 Å². The Kier molecular flexibility index (Phi) is 25.4. The van der Waals surface area contributed by atoms with Gasteiger partial charge >= 0.3 is 0 Å². The predicted octanol–water partition coefficient (Wildman–Crippen LogP) is 10.7. The molecule has 0 aromatic carbocycles. The average Bonchev–Trinajstić information content (AvgIpc) is 2.68. The van der Waals surface area contributed by atoms with Crippen molar-refractivity contribution in [2.45, 2.75) is 155 Å². The Balaban J connectivity index is 3.52. The Morgan fingerprint density at radius 1 is 0.407 bits per heavy atom. The molecule has 164 valence electrons. The van der Waals surface area contributed by atoms with E-state index in [9.17, 15) is 0 Å². The van der Waals surface area contributed by atoms with Crippen LogP contribution in [-0.2, 0) is 0 Å². The number of unbranched alkanes of at least 4 members (excludes halogenated alkanes) is 16. The van der Waals surface area contributed by atoms with E-state index in [1.807, 2.05) is 0 Å². The fraction of sp³-hybridized carbons (Fsp3) is 1.00. The minimum atomic E-state index is 1.04. The highest BCUT2D eigenvalue weighted by atomic mass is 127. The topological polar surface area (TPSA) is 0 Å². The van der Waals surface area contributed by atoms with Crippen LogP contribution >= 0.6 is 22.6 Å². The van der Waals surface area contributed by atoms with Gasteiger partial charge in [-0.05, 0) is 23.2 Å². The molecule has 1 heteroatoms. The van der Waals surface area contributed by atoms with Gasteiger partial charge in [0.25, 0.3) is 0 Å². The molecule has 0 saturated heterocycles. The molecule has 0 aromatic rings. The van der Waals surface area contributed by atoms with Crippen molar-refractivity contribution < 1.29 is 0 Å². The SMILES string of the molecule is CCCCCCCCCCCCC(CCCI)CCCCCCCCCC. The van der Waals surface area contributed by atoms with E-state index >= 15 is 0 Å². The largest absolute Gasteiger partial charge is 0.0864 e. The molecule has 0 spiro atoms. The van der Waals surface area contributed by atoms with Crippen LogP contribution in [-0.4, -0.2) is 4.43 Å². The fourth-order valence-electron chi connectivity index (χ4n) is 4.29. The van der Waals surface area contributed by atoms with Gasteiger partial charge in [0.15, 0.2) is 0 Å². The molecule has 0 amide bonds. The van der Waals surface area contributed by atoms with Crippen molar-refractivity contribution in [3.63, 3.8) is 0 Å². The van der Waals surface area contributed by atoms with E-state index in [0.29, 0.717) is 0 Å². The van der Waals surface area contributed by atoms with Crippen molar-refractivity contribution >= 4 is 22.6 Å². The van der Waals surface area contributed by atoms with E-state index in [1.54, 1.807) is 0 Å². The Morgan fingerprint density at radius 2 is 0.704 bits per heavy atom. The van der Waals surface area contributed by atoms with E-state index in [0.717, 1.165) is 5.92 Å². The normalized spacial score (nSPS) is 12.6. The Morgan fingerprint density at radius 3 is 1.04 bits per heavy atom. The van der Waals surface area contributed by atoms with E-state index in [-0.39, 0.29) is 0 Å². The zero-order valence-corrected chi connectivity index (χ0v) is 21.4. The number of hydrogen-bond donors (Lipinski definition) is 0. The molecule has 0 aliphatic carbocycles. The minimum Gasteiger partial charge on any atom is -0.0864 e. The van der Waals surface area contributed by atoms with Gasteiger partial charge in [-0.1, -0.05) is 165 Å². The van der Waals surface area contributed by atoms with Crippen molar-refractivity contribution in [3.8, 4) is 0 Å². The molecular formula is C26H53I. The first-order valence-electron chi connectivity index (χ1n) is 12.9. The Labute approximate surface area is 187 Å². The van der Waals surface area contributed by atoms with Crippen LogP contribution in [0.2, 0.25) is 0 Å². The first-order chi connectivity index (χ1) is 13.3.